The second kappa shape index (κ2) is 3.06. The molecule has 0 N–H and O–H groups in total. The molecule has 2 aromatic rings. The molecule has 0 radical (unpaired) electrons. The highest BCUT2D eigenvalue weighted by Gasteiger charge is 2.05. The van der Waals surface area contributed by atoms with Crippen LogP contribution in [0, 0.1) is 18.3 Å². The zero-order valence-corrected chi connectivity index (χ0v) is 8.75. The molecule has 13 heavy (non-hydrogen) atoms. The molecule has 0 amide bonds. The van der Waals surface area contributed by atoms with Gasteiger partial charge in [-0.3, -0.25) is 0 Å². The van der Waals surface area contributed by atoms with E-state index in [0.29, 0.717) is 0 Å². The van der Waals surface area contributed by atoms with Crippen LogP contribution in [0.2, 0.25) is 0 Å². The summed E-state index contributed by atoms with van der Waals surface area (Å²) >= 11 is 5.88. The number of thiophene rings is 1. The third kappa shape index (κ3) is 1.32. The normalized spacial score (nSPS) is 10.2. The SMILES string of the molecule is Cc1csc2c(C#N)cc(S)cc12. The molecule has 0 bridgehead atoms. The first-order valence-electron chi connectivity index (χ1n) is 3.83. The van der Waals surface area contributed by atoms with E-state index in [1.165, 1.54) is 5.56 Å². The smallest absolute Gasteiger partial charge is 0.101 e. The van der Waals surface area contributed by atoms with Crippen LogP contribution in [-0.4, -0.2) is 0 Å². The number of fused-ring (bicyclic) bond motifs is 1. The Hall–Kier alpha value is -0.980. The molecule has 0 aliphatic rings. The molecule has 0 unspecified atom stereocenters. The monoisotopic (exact) mass is 205 g/mol. The minimum atomic E-state index is 0.723. The molecule has 0 fully saturated rings. The van der Waals surface area contributed by atoms with Crippen LogP contribution in [0.1, 0.15) is 11.1 Å². The minimum absolute atomic E-state index is 0.723. The van der Waals surface area contributed by atoms with E-state index >= 15 is 0 Å². The van der Waals surface area contributed by atoms with E-state index in [9.17, 15) is 0 Å². The Morgan fingerprint density at radius 3 is 2.92 bits per heavy atom. The van der Waals surface area contributed by atoms with Crippen LogP contribution in [-0.2, 0) is 0 Å². The van der Waals surface area contributed by atoms with Crippen LogP contribution >= 0.6 is 24.0 Å². The van der Waals surface area contributed by atoms with E-state index in [2.05, 4.69) is 24.1 Å². The van der Waals surface area contributed by atoms with Gasteiger partial charge in [0.2, 0.25) is 0 Å². The van der Waals surface area contributed by atoms with Gasteiger partial charge in [0.25, 0.3) is 0 Å². The molecule has 0 saturated heterocycles. The van der Waals surface area contributed by atoms with Crippen molar-refractivity contribution >= 4 is 34.1 Å². The number of thiol groups is 1. The van der Waals surface area contributed by atoms with Crippen molar-refractivity contribution in [2.45, 2.75) is 11.8 Å². The van der Waals surface area contributed by atoms with Gasteiger partial charge in [-0.2, -0.15) is 5.26 Å². The van der Waals surface area contributed by atoms with Gasteiger partial charge < -0.3 is 0 Å². The molecule has 0 saturated carbocycles. The Kier molecular flexibility index (Phi) is 2.03. The summed E-state index contributed by atoms with van der Waals surface area (Å²) in [5.74, 6) is 0. The van der Waals surface area contributed by atoms with Crippen molar-refractivity contribution in [3.8, 4) is 6.07 Å². The van der Waals surface area contributed by atoms with E-state index in [1.54, 1.807) is 17.4 Å². The quantitative estimate of drug-likeness (QED) is 0.655. The lowest BCUT2D eigenvalue weighted by molar-refractivity contribution is 1.45. The maximum Gasteiger partial charge on any atom is 0.101 e. The summed E-state index contributed by atoms with van der Waals surface area (Å²) in [6.45, 7) is 2.05. The van der Waals surface area contributed by atoms with Crippen LogP contribution in [0.4, 0.5) is 0 Å². The second-order valence-corrected chi connectivity index (χ2v) is 4.30. The fourth-order valence-electron chi connectivity index (χ4n) is 1.33. The Balaban J connectivity index is 2.94. The van der Waals surface area contributed by atoms with Crippen molar-refractivity contribution in [3.05, 3.63) is 28.6 Å². The van der Waals surface area contributed by atoms with Gasteiger partial charge in [-0.05, 0) is 35.4 Å². The van der Waals surface area contributed by atoms with Crippen LogP contribution < -0.4 is 0 Å². The molecule has 2 rings (SSSR count). The zero-order chi connectivity index (χ0) is 9.42. The molecule has 1 nitrogen and oxygen atoms in total. The van der Waals surface area contributed by atoms with Gasteiger partial charge in [0.15, 0.2) is 0 Å². The number of nitriles is 1. The highest BCUT2D eigenvalue weighted by Crippen LogP contribution is 2.30. The number of nitrogens with zero attached hydrogens (tertiary/aromatic N) is 1. The van der Waals surface area contributed by atoms with Gasteiger partial charge in [0.1, 0.15) is 6.07 Å². The highest BCUT2D eigenvalue weighted by atomic mass is 32.1. The van der Waals surface area contributed by atoms with Gasteiger partial charge in [0, 0.05) is 4.90 Å². The summed E-state index contributed by atoms with van der Waals surface area (Å²) in [6.07, 6.45) is 0. The highest BCUT2D eigenvalue weighted by molar-refractivity contribution is 7.80. The molecule has 0 aliphatic heterocycles. The van der Waals surface area contributed by atoms with Gasteiger partial charge >= 0.3 is 0 Å². The van der Waals surface area contributed by atoms with E-state index in [-0.39, 0.29) is 0 Å². The second-order valence-electron chi connectivity index (χ2n) is 2.90. The molecular formula is C10H7NS2. The molecular weight excluding hydrogens is 198 g/mol. The van der Waals surface area contributed by atoms with Crippen LogP contribution in [0.15, 0.2) is 22.4 Å². The van der Waals surface area contributed by atoms with E-state index in [0.717, 1.165) is 20.5 Å². The molecule has 0 aliphatic carbocycles. The summed E-state index contributed by atoms with van der Waals surface area (Å²) < 4.78 is 1.07. The first-order chi connectivity index (χ1) is 6.22. The van der Waals surface area contributed by atoms with Crippen molar-refractivity contribution in [2.24, 2.45) is 0 Å². The maximum absolute atomic E-state index is 8.89. The predicted octanol–water partition coefficient (Wildman–Crippen LogP) is 3.37. The van der Waals surface area contributed by atoms with Gasteiger partial charge in [-0.25, -0.2) is 0 Å². The van der Waals surface area contributed by atoms with Crippen LogP contribution in [0.3, 0.4) is 0 Å². The molecule has 3 heteroatoms. The van der Waals surface area contributed by atoms with Crippen molar-refractivity contribution in [3.63, 3.8) is 0 Å². The number of aryl methyl sites for hydroxylation is 1. The Morgan fingerprint density at radius 2 is 2.23 bits per heavy atom. The number of hydrogen-bond donors (Lipinski definition) is 1. The van der Waals surface area contributed by atoms with E-state index in [4.69, 9.17) is 5.26 Å². The minimum Gasteiger partial charge on any atom is -0.192 e. The number of rotatable bonds is 0. The lowest BCUT2D eigenvalue weighted by atomic mass is 10.1. The van der Waals surface area contributed by atoms with Crippen LogP contribution in [0.5, 0.6) is 0 Å². The summed E-state index contributed by atoms with van der Waals surface area (Å²) in [6, 6.07) is 6.00. The average molecular weight is 205 g/mol. The Bertz CT molecular complexity index is 505. The van der Waals surface area contributed by atoms with E-state index < -0.39 is 0 Å². The fraction of sp³-hybridized carbons (Fsp3) is 0.100. The van der Waals surface area contributed by atoms with Crippen molar-refractivity contribution < 1.29 is 0 Å². The lowest BCUT2D eigenvalue weighted by Crippen LogP contribution is -1.76. The fourth-order valence-corrected chi connectivity index (χ4v) is 2.59. The van der Waals surface area contributed by atoms with Crippen molar-refractivity contribution in [2.75, 3.05) is 0 Å². The Morgan fingerprint density at radius 1 is 1.46 bits per heavy atom. The van der Waals surface area contributed by atoms with Gasteiger partial charge in [-0.1, -0.05) is 0 Å². The summed E-state index contributed by atoms with van der Waals surface area (Å²) in [5.41, 5.74) is 1.94. The summed E-state index contributed by atoms with van der Waals surface area (Å²) in [4.78, 5) is 0.852. The van der Waals surface area contributed by atoms with Gasteiger partial charge in [-0.15, -0.1) is 24.0 Å². The molecule has 0 spiro atoms. The maximum atomic E-state index is 8.89. The third-order valence-corrected chi connectivity index (χ3v) is 3.38. The van der Waals surface area contributed by atoms with Crippen molar-refractivity contribution in [1.29, 1.82) is 5.26 Å². The number of benzene rings is 1. The Labute approximate surface area is 86.0 Å². The molecule has 64 valence electrons. The van der Waals surface area contributed by atoms with Crippen molar-refractivity contribution in [1.82, 2.24) is 0 Å². The first kappa shape index (κ1) is 8.61. The van der Waals surface area contributed by atoms with E-state index in [1.807, 2.05) is 13.0 Å². The standard InChI is InChI=1S/C10H7NS2/c1-6-5-13-10-7(4-11)2-8(12)3-9(6)10/h2-3,5,12H,1H3. The van der Waals surface area contributed by atoms with Gasteiger partial charge in [0.05, 0.1) is 10.3 Å². The first-order valence-corrected chi connectivity index (χ1v) is 5.16. The largest absolute Gasteiger partial charge is 0.192 e. The molecule has 0 atom stereocenters. The lowest BCUT2D eigenvalue weighted by Gasteiger charge is -1.96. The topological polar surface area (TPSA) is 23.8 Å². The molecule has 1 heterocycles. The third-order valence-electron chi connectivity index (χ3n) is 1.97. The molecule has 1 aromatic heterocycles. The summed E-state index contributed by atoms with van der Waals surface area (Å²) in [5, 5.41) is 12.1. The number of hydrogen-bond acceptors (Lipinski definition) is 3. The predicted molar refractivity (Wildman–Crippen MR) is 58.5 cm³/mol. The molecule has 1 aromatic carbocycles. The van der Waals surface area contributed by atoms with Crippen LogP contribution in [0.25, 0.3) is 10.1 Å². The zero-order valence-electron chi connectivity index (χ0n) is 7.03. The summed E-state index contributed by atoms with van der Waals surface area (Å²) in [7, 11) is 0. The average Bonchev–Trinajstić information content (AvgIpc) is 2.47.